The van der Waals surface area contributed by atoms with Crippen molar-refractivity contribution in [2.45, 2.75) is 19.4 Å². The summed E-state index contributed by atoms with van der Waals surface area (Å²) in [6, 6.07) is 23.0. The second kappa shape index (κ2) is 14.1. The minimum absolute atomic E-state index is 0.0698. The van der Waals surface area contributed by atoms with E-state index in [0.29, 0.717) is 67.3 Å². The average Bonchev–Trinajstić information content (AvgIpc) is 3.54. The van der Waals surface area contributed by atoms with E-state index in [0.717, 1.165) is 5.56 Å². The largest absolute Gasteiger partial charge is 0.497 e. The van der Waals surface area contributed by atoms with Crippen molar-refractivity contribution in [2.24, 2.45) is 0 Å². The molecule has 2 aromatic heterocycles. The van der Waals surface area contributed by atoms with Gasteiger partial charge in [-0.25, -0.2) is 14.6 Å². The lowest BCUT2D eigenvalue weighted by Gasteiger charge is -2.29. The van der Waals surface area contributed by atoms with Gasteiger partial charge in [-0.1, -0.05) is 42.5 Å². The maximum atomic E-state index is 12.9. The Labute approximate surface area is 292 Å². The second-order valence-electron chi connectivity index (χ2n) is 11.9. The van der Waals surface area contributed by atoms with Crippen LogP contribution in [0.2, 0.25) is 0 Å². The number of hydrogen-bond donors (Lipinski definition) is 2. The third-order valence-electron chi connectivity index (χ3n) is 8.10. The van der Waals surface area contributed by atoms with Crippen LogP contribution in [0.4, 0.5) is 10.7 Å². The van der Waals surface area contributed by atoms with Crippen molar-refractivity contribution >= 4 is 45.9 Å². The molecule has 0 radical (unpaired) electrons. The van der Waals surface area contributed by atoms with Crippen LogP contribution in [0.25, 0.3) is 39.2 Å². The van der Waals surface area contributed by atoms with Crippen LogP contribution in [0.15, 0.2) is 94.2 Å². The molecule has 0 fully saturated rings. The van der Waals surface area contributed by atoms with Gasteiger partial charge < -0.3 is 33.1 Å². The number of nitrogens with one attached hydrogen (secondary N) is 2. The number of carbonyl (C=O) groups excluding carboxylic acids is 2. The van der Waals surface area contributed by atoms with E-state index >= 15 is 0 Å². The molecule has 0 saturated carbocycles. The molecule has 0 spiro atoms. The van der Waals surface area contributed by atoms with Gasteiger partial charge in [-0.3, -0.25) is 10.1 Å². The Morgan fingerprint density at radius 3 is 2.24 bits per heavy atom. The highest BCUT2D eigenvalue weighted by molar-refractivity contribution is 6.10. The summed E-state index contributed by atoms with van der Waals surface area (Å²) in [7, 11) is 5.95. The van der Waals surface area contributed by atoms with Gasteiger partial charge >= 0.3 is 11.7 Å². The molecule has 0 atom stereocenters. The zero-order valence-corrected chi connectivity index (χ0v) is 28.8. The first-order valence-corrected chi connectivity index (χ1v) is 15.8. The fraction of sp³-hybridized carbons (Fsp3) is 0.179. The monoisotopic (exact) mass is 689 g/mol. The van der Waals surface area contributed by atoms with Gasteiger partial charge in [-0.05, 0) is 61.9 Å². The predicted octanol–water partition coefficient (Wildman–Crippen LogP) is 7.64. The number of rotatable bonds is 7. The third-order valence-corrected chi connectivity index (χ3v) is 8.10. The van der Waals surface area contributed by atoms with Gasteiger partial charge in [-0.15, -0.1) is 0 Å². The van der Waals surface area contributed by atoms with E-state index in [2.05, 4.69) is 20.0 Å². The SMILES string of the molecule is COC(=O)Nc1nc2ccc(C(=O)c3ccccc3)cc2[nH]1.COc1ccc(-c2c(OC)c3c(OC)c4c(cc3oc2=O)OC(C)(C)C=C4)cc1. The molecule has 7 rings (SSSR count). The summed E-state index contributed by atoms with van der Waals surface area (Å²) in [6.45, 7) is 3.90. The lowest BCUT2D eigenvalue weighted by atomic mass is 9.98. The average molecular weight is 690 g/mol. The fourth-order valence-corrected chi connectivity index (χ4v) is 5.67. The van der Waals surface area contributed by atoms with E-state index in [-0.39, 0.29) is 11.7 Å². The van der Waals surface area contributed by atoms with Crippen molar-refractivity contribution in [3.8, 4) is 34.1 Å². The number of aromatic amines is 1. The molecule has 0 saturated heterocycles. The smallest absolute Gasteiger partial charge is 0.413 e. The summed E-state index contributed by atoms with van der Waals surface area (Å²) in [4.78, 5) is 43.6. The second-order valence-corrected chi connectivity index (χ2v) is 11.9. The number of carbonyl (C=O) groups is 2. The minimum Gasteiger partial charge on any atom is -0.497 e. The van der Waals surface area contributed by atoms with E-state index in [1.54, 1.807) is 74.9 Å². The first kappa shape index (κ1) is 34.3. The van der Waals surface area contributed by atoms with Crippen LogP contribution in [-0.2, 0) is 4.74 Å². The molecule has 3 heterocycles. The van der Waals surface area contributed by atoms with Crippen LogP contribution in [0, 0.1) is 0 Å². The normalized spacial score (nSPS) is 12.6. The molecule has 260 valence electrons. The van der Waals surface area contributed by atoms with Gasteiger partial charge in [0.2, 0.25) is 5.95 Å². The minimum atomic E-state index is -0.611. The van der Waals surface area contributed by atoms with Gasteiger partial charge in [0, 0.05) is 17.2 Å². The molecular formula is C39H35N3O9. The molecule has 6 aromatic rings. The number of anilines is 1. The zero-order valence-electron chi connectivity index (χ0n) is 28.8. The molecule has 12 heteroatoms. The van der Waals surface area contributed by atoms with Crippen LogP contribution in [0.1, 0.15) is 35.3 Å². The van der Waals surface area contributed by atoms with Crippen molar-refractivity contribution in [3.63, 3.8) is 0 Å². The zero-order chi connectivity index (χ0) is 36.3. The van der Waals surface area contributed by atoms with E-state index in [9.17, 15) is 14.4 Å². The Bertz CT molecular complexity index is 2340. The van der Waals surface area contributed by atoms with Gasteiger partial charge in [0.15, 0.2) is 5.78 Å². The van der Waals surface area contributed by atoms with E-state index < -0.39 is 17.3 Å². The summed E-state index contributed by atoms with van der Waals surface area (Å²) in [5.41, 5.74) is 3.59. The number of nitrogens with zero attached hydrogens (tertiary/aromatic N) is 1. The Hall–Kier alpha value is -6.56. The van der Waals surface area contributed by atoms with E-state index in [1.165, 1.54) is 14.2 Å². The number of amides is 1. The van der Waals surface area contributed by atoms with Crippen LogP contribution in [0.3, 0.4) is 0 Å². The Kier molecular flexibility index (Phi) is 9.50. The molecular weight excluding hydrogens is 654 g/mol. The predicted molar refractivity (Wildman–Crippen MR) is 193 cm³/mol. The number of aromatic nitrogens is 2. The summed E-state index contributed by atoms with van der Waals surface area (Å²) in [5, 5.41) is 3.02. The van der Waals surface area contributed by atoms with Crippen molar-refractivity contribution in [3.05, 3.63) is 112 Å². The first-order valence-electron chi connectivity index (χ1n) is 15.8. The van der Waals surface area contributed by atoms with Crippen LogP contribution < -0.4 is 29.9 Å². The number of ether oxygens (including phenoxy) is 5. The number of fused-ring (bicyclic) bond motifs is 3. The highest BCUT2D eigenvalue weighted by Gasteiger charge is 2.29. The van der Waals surface area contributed by atoms with Crippen LogP contribution in [-0.4, -0.2) is 55.9 Å². The molecule has 0 aliphatic carbocycles. The summed E-state index contributed by atoms with van der Waals surface area (Å²) >= 11 is 0. The molecule has 1 aliphatic heterocycles. The highest BCUT2D eigenvalue weighted by Crippen LogP contribution is 2.47. The van der Waals surface area contributed by atoms with Crippen LogP contribution >= 0.6 is 0 Å². The molecule has 1 aliphatic rings. The maximum Gasteiger partial charge on any atom is 0.413 e. The number of H-pyrrole nitrogens is 1. The molecule has 0 bridgehead atoms. The summed E-state index contributed by atoms with van der Waals surface area (Å²) in [5.74, 6) is 2.39. The Morgan fingerprint density at radius 1 is 0.843 bits per heavy atom. The molecule has 12 nitrogen and oxygen atoms in total. The van der Waals surface area contributed by atoms with Crippen molar-refractivity contribution in [1.29, 1.82) is 0 Å². The van der Waals surface area contributed by atoms with E-state index in [1.807, 2.05) is 44.2 Å². The number of benzene rings is 4. The third kappa shape index (κ3) is 6.97. The maximum absolute atomic E-state index is 12.9. The standard InChI is InChI=1S/C23H22O6.C16H13N3O3/c1-23(2)11-10-15-16(29-23)12-17-19(20(15)26-4)21(27-5)18(22(24)28-17)13-6-8-14(25-3)9-7-13;1-22-16(21)19-15-17-12-8-7-11(9-13(12)18-15)14(20)10-5-3-2-4-6-10/h6-12H,1-5H3;2-9H,1H3,(H2,17,18,19,21). The fourth-order valence-electron chi connectivity index (χ4n) is 5.67. The van der Waals surface area contributed by atoms with Crippen molar-refractivity contribution in [1.82, 2.24) is 9.97 Å². The molecule has 1 amide bonds. The van der Waals surface area contributed by atoms with Gasteiger partial charge in [-0.2, -0.15) is 0 Å². The summed E-state index contributed by atoms with van der Waals surface area (Å²) < 4.78 is 32.8. The number of ketones is 1. The molecule has 0 unspecified atom stereocenters. The van der Waals surface area contributed by atoms with Crippen molar-refractivity contribution in [2.75, 3.05) is 33.8 Å². The lowest BCUT2D eigenvalue weighted by molar-refractivity contribution is 0.103. The first-order chi connectivity index (χ1) is 24.5. The Morgan fingerprint density at radius 2 is 1.57 bits per heavy atom. The van der Waals surface area contributed by atoms with Crippen LogP contribution in [0.5, 0.6) is 23.0 Å². The molecule has 51 heavy (non-hydrogen) atoms. The molecule has 4 aromatic carbocycles. The van der Waals surface area contributed by atoms with Gasteiger partial charge in [0.1, 0.15) is 45.1 Å². The topological polar surface area (TPSA) is 151 Å². The van der Waals surface area contributed by atoms with E-state index in [4.69, 9.17) is 23.4 Å². The van der Waals surface area contributed by atoms with Crippen molar-refractivity contribution < 1.29 is 37.7 Å². The quantitative estimate of drug-likeness (QED) is 0.126. The van der Waals surface area contributed by atoms with Gasteiger partial charge in [0.25, 0.3) is 0 Å². The van der Waals surface area contributed by atoms with Gasteiger partial charge in [0.05, 0.1) is 45.0 Å². The molecule has 2 N–H and O–H groups in total. The highest BCUT2D eigenvalue weighted by atomic mass is 16.5. The number of imidazole rings is 1. The summed E-state index contributed by atoms with van der Waals surface area (Å²) in [6.07, 6.45) is 3.30. The number of methoxy groups -OCH3 is 4. The number of hydrogen-bond acceptors (Lipinski definition) is 10. The Balaban J connectivity index is 0.000000183. The lowest BCUT2D eigenvalue weighted by Crippen LogP contribution is -2.27.